The molecule has 3 nitrogen and oxygen atoms in total. The Bertz CT molecular complexity index is 434. The molecule has 1 aliphatic heterocycles. The van der Waals surface area contributed by atoms with Crippen LogP contribution in [-0.2, 0) is 4.79 Å². The molecule has 1 aliphatic rings. The molecule has 0 saturated carbocycles. The van der Waals surface area contributed by atoms with Crippen LogP contribution in [0.3, 0.4) is 0 Å². The van der Waals surface area contributed by atoms with Crippen LogP contribution in [0.2, 0.25) is 0 Å². The highest BCUT2D eigenvalue weighted by molar-refractivity contribution is 9.10. The van der Waals surface area contributed by atoms with Crippen LogP contribution >= 0.6 is 15.9 Å². The summed E-state index contributed by atoms with van der Waals surface area (Å²) in [5.41, 5.74) is 0.869. The van der Waals surface area contributed by atoms with Crippen molar-refractivity contribution >= 4 is 27.5 Å². The molecule has 1 N–H and O–H groups in total. The number of benzene rings is 1. The number of hydrogen-bond donors (Lipinski definition) is 1. The van der Waals surface area contributed by atoms with E-state index in [0.29, 0.717) is 5.71 Å². The number of nitrogens with one attached hydrogen (secondary N) is 1. The van der Waals surface area contributed by atoms with Crippen LogP contribution in [0.25, 0.3) is 0 Å². The largest absolute Gasteiger partial charge is 0.327 e. The summed E-state index contributed by atoms with van der Waals surface area (Å²) in [5, 5.41) is 2.80. The third-order valence-corrected chi connectivity index (χ3v) is 2.67. The Labute approximate surface area is 96.7 Å². The van der Waals surface area contributed by atoms with Crippen molar-refractivity contribution in [3.8, 4) is 0 Å². The molecule has 0 unspecified atom stereocenters. The summed E-state index contributed by atoms with van der Waals surface area (Å²) in [6.07, 6.45) is 0. The molecule has 78 valence electrons. The molecular formula is C11H11BrN2O. The summed E-state index contributed by atoms with van der Waals surface area (Å²) in [4.78, 5) is 16.0. The zero-order valence-corrected chi connectivity index (χ0v) is 10.1. The van der Waals surface area contributed by atoms with Gasteiger partial charge in [-0.05, 0) is 26.0 Å². The fraction of sp³-hybridized carbons (Fsp3) is 0.273. The van der Waals surface area contributed by atoms with Gasteiger partial charge >= 0.3 is 0 Å². The summed E-state index contributed by atoms with van der Waals surface area (Å²) in [7, 11) is 0. The lowest BCUT2D eigenvalue weighted by atomic mass is 10.1. The molecule has 0 atom stereocenters. The van der Waals surface area contributed by atoms with Gasteiger partial charge in [0.15, 0.2) is 0 Å². The van der Waals surface area contributed by atoms with Gasteiger partial charge in [0.2, 0.25) is 0 Å². The number of aliphatic imine (C=N–C) groups is 1. The quantitative estimate of drug-likeness (QED) is 0.831. The van der Waals surface area contributed by atoms with Gasteiger partial charge in [-0.1, -0.05) is 28.1 Å². The number of hydrogen-bond acceptors (Lipinski definition) is 2. The predicted molar refractivity (Wildman–Crippen MR) is 62.9 cm³/mol. The maximum atomic E-state index is 11.6. The van der Waals surface area contributed by atoms with Gasteiger partial charge in [-0.25, -0.2) is 0 Å². The lowest BCUT2D eigenvalue weighted by molar-refractivity contribution is -0.115. The maximum absolute atomic E-state index is 11.6. The van der Waals surface area contributed by atoms with Crippen LogP contribution in [0.4, 0.5) is 0 Å². The molecular weight excluding hydrogens is 256 g/mol. The predicted octanol–water partition coefficient (Wildman–Crippen LogP) is 2.10. The average molecular weight is 267 g/mol. The second kappa shape index (κ2) is 3.45. The van der Waals surface area contributed by atoms with Crippen LogP contribution in [0.5, 0.6) is 0 Å². The van der Waals surface area contributed by atoms with E-state index in [9.17, 15) is 4.79 Å². The molecule has 0 fully saturated rings. The first-order valence-electron chi connectivity index (χ1n) is 4.66. The van der Waals surface area contributed by atoms with E-state index in [4.69, 9.17) is 0 Å². The Morgan fingerprint density at radius 3 is 2.33 bits per heavy atom. The van der Waals surface area contributed by atoms with E-state index in [1.165, 1.54) is 0 Å². The lowest BCUT2D eigenvalue weighted by Gasteiger charge is -2.12. The Balaban J connectivity index is 2.40. The van der Waals surface area contributed by atoms with Gasteiger partial charge in [-0.2, -0.15) is 0 Å². The van der Waals surface area contributed by atoms with E-state index < -0.39 is 5.66 Å². The van der Waals surface area contributed by atoms with Gasteiger partial charge in [-0.15, -0.1) is 0 Å². The number of carbonyl (C=O) groups is 1. The zero-order valence-electron chi connectivity index (χ0n) is 8.54. The minimum atomic E-state index is -0.487. The first-order chi connectivity index (χ1) is 6.98. The van der Waals surface area contributed by atoms with Crippen LogP contribution in [0.1, 0.15) is 19.4 Å². The van der Waals surface area contributed by atoms with Crippen molar-refractivity contribution in [2.24, 2.45) is 4.99 Å². The molecule has 0 aliphatic carbocycles. The topological polar surface area (TPSA) is 41.5 Å². The summed E-state index contributed by atoms with van der Waals surface area (Å²) in [6.45, 7) is 3.74. The summed E-state index contributed by atoms with van der Waals surface area (Å²) >= 11 is 3.35. The molecule has 4 heteroatoms. The molecule has 1 heterocycles. The molecule has 1 aromatic rings. The van der Waals surface area contributed by atoms with Crippen molar-refractivity contribution in [2.75, 3.05) is 0 Å². The second-order valence-electron chi connectivity index (χ2n) is 3.98. The average Bonchev–Trinajstić information content (AvgIpc) is 2.41. The molecule has 0 spiro atoms. The summed E-state index contributed by atoms with van der Waals surface area (Å²) < 4.78 is 0.990. The number of nitrogens with zero attached hydrogens (tertiary/aromatic N) is 1. The van der Waals surface area contributed by atoms with Crippen LogP contribution < -0.4 is 5.32 Å². The van der Waals surface area contributed by atoms with E-state index in [2.05, 4.69) is 26.2 Å². The monoisotopic (exact) mass is 266 g/mol. The highest BCUT2D eigenvalue weighted by atomic mass is 79.9. The van der Waals surface area contributed by atoms with Crippen LogP contribution in [0.15, 0.2) is 33.7 Å². The Hall–Kier alpha value is -1.16. The van der Waals surface area contributed by atoms with Gasteiger partial charge in [-0.3, -0.25) is 9.79 Å². The zero-order chi connectivity index (χ0) is 11.1. The Morgan fingerprint density at radius 2 is 1.87 bits per heavy atom. The number of carbonyl (C=O) groups excluding carboxylic acids is 1. The fourth-order valence-electron chi connectivity index (χ4n) is 1.50. The molecule has 0 radical (unpaired) electrons. The van der Waals surface area contributed by atoms with Crippen molar-refractivity contribution in [1.29, 1.82) is 0 Å². The third-order valence-electron chi connectivity index (χ3n) is 2.14. The fourth-order valence-corrected chi connectivity index (χ4v) is 1.76. The van der Waals surface area contributed by atoms with E-state index in [-0.39, 0.29) is 5.91 Å². The van der Waals surface area contributed by atoms with Crippen molar-refractivity contribution in [3.63, 3.8) is 0 Å². The van der Waals surface area contributed by atoms with Crippen molar-refractivity contribution in [3.05, 3.63) is 34.3 Å². The molecule has 0 saturated heterocycles. The highest BCUT2D eigenvalue weighted by Gasteiger charge is 2.31. The second-order valence-corrected chi connectivity index (χ2v) is 4.90. The van der Waals surface area contributed by atoms with Crippen molar-refractivity contribution < 1.29 is 4.79 Å². The third kappa shape index (κ3) is 2.09. The van der Waals surface area contributed by atoms with Crippen LogP contribution in [0, 0.1) is 0 Å². The highest BCUT2D eigenvalue weighted by Crippen LogP contribution is 2.17. The molecule has 1 amide bonds. The summed E-state index contributed by atoms with van der Waals surface area (Å²) in [5.74, 6) is -0.109. The first-order valence-corrected chi connectivity index (χ1v) is 5.45. The molecule has 2 rings (SSSR count). The van der Waals surface area contributed by atoms with Crippen LogP contribution in [-0.4, -0.2) is 17.3 Å². The maximum Gasteiger partial charge on any atom is 0.271 e. The van der Waals surface area contributed by atoms with Gasteiger partial charge in [0, 0.05) is 10.0 Å². The van der Waals surface area contributed by atoms with E-state index in [1.54, 1.807) is 0 Å². The van der Waals surface area contributed by atoms with E-state index in [1.807, 2.05) is 38.1 Å². The standard InChI is InChI=1S/C11H11BrN2O/c1-11(2)13-9(10(15)14-11)7-3-5-8(12)6-4-7/h3-6H,1-2H3,(H,14,15). The van der Waals surface area contributed by atoms with Gasteiger partial charge in [0.25, 0.3) is 5.91 Å². The normalized spacial score (nSPS) is 18.6. The number of halogens is 1. The number of amides is 1. The molecule has 15 heavy (non-hydrogen) atoms. The number of rotatable bonds is 1. The lowest BCUT2D eigenvalue weighted by Crippen LogP contribution is -2.36. The minimum absolute atomic E-state index is 0.109. The molecule has 0 bridgehead atoms. The molecule has 1 aromatic carbocycles. The summed E-state index contributed by atoms with van der Waals surface area (Å²) in [6, 6.07) is 7.56. The Kier molecular flexibility index (Phi) is 2.38. The van der Waals surface area contributed by atoms with E-state index >= 15 is 0 Å². The van der Waals surface area contributed by atoms with E-state index in [0.717, 1.165) is 10.0 Å². The van der Waals surface area contributed by atoms with Gasteiger partial charge in [0.1, 0.15) is 11.4 Å². The van der Waals surface area contributed by atoms with Crippen molar-refractivity contribution in [2.45, 2.75) is 19.5 Å². The molecule has 0 aromatic heterocycles. The SMILES string of the molecule is CC1(C)N=C(c2ccc(Br)cc2)C(=O)N1. The van der Waals surface area contributed by atoms with Crippen molar-refractivity contribution in [1.82, 2.24) is 5.32 Å². The minimum Gasteiger partial charge on any atom is -0.327 e. The van der Waals surface area contributed by atoms with Gasteiger partial charge < -0.3 is 5.32 Å². The Morgan fingerprint density at radius 1 is 1.27 bits per heavy atom. The van der Waals surface area contributed by atoms with Gasteiger partial charge in [0.05, 0.1) is 0 Å². The smallest absolute Gasteiger partial charge is 0.271 e. The first kappa shape index (κ1) is 10.4.